The smallest absolute Gasteiger partial charge is 0.226 e. The Morgan fingerprint density at radius 2 is 1.83 bits per heavy atom. The number of para-hydroxylation sites is 1. The fourth-order valence-corrected chi connectivity index (χ4v) is 3.40. The van der Waals surface area contributed by atoms with E-state index in [0.717, 1.165) is 11.3 Å². The average Bonchev–Trinajstić information content (AvgIpc) is 3.36. The summed E-state index contributed by atoms with van der Waals surface area (Å²) in [7, 11) is 0. The lowest BCUT2D eigenvalue weighted by molar-refractivity contribution is -0.133. The minimum Gasteiger partial charge on any atom is -0.491 e. The van der Waals surface area contributed by atoms with Crippen LogP contribution in [0, 0.1) is 17.6 Å². The van der Waals surface area contributed by atoms with Crippen LogP contribution in [0.25, 0.3) is 0 Å². The molecule has 0 aromatic heterocycles. The maximum atomic E-state index is 13.9. The van der Waals surface area contributed by atoms with E-state index in [1.807, 2.05) is 24.3 Å². The molecule has 4 rings (SSSR count). The van der Waals surface area contributed by atoms with Gasteiger partial charge in [0.2, 0.25) is 5.91 Å². The zero-order valence-electron chi connectivity index (χ0n) is 13.0. The van der Waals surface area contributed by atoms with Crippen molar-refractivity contribution in [1.29, 1.82) is 0 Å². The van der Waals surface area contributed by atoms with E-state index in [0.29, 0.717) is 26.1 Å². The average molecular weight is 329 g/mol. The molecule has 124 valence electrons. The van der Waals surface area contributed by atoms with Crippen molar-refractivity contribution in [2.75, 3.05) is 13.2 Å². The second kappa shape index (κ2) is 5.89. The van der Waals surface area contributed by atoms with Gasteiger partial charge in [0.15, 0.2) is 0 Å². The molecule has 1 aliphatic heterocycles. The van der Waals surface area contributed by atoms with Crippen molar-refractivity contribution in [2.24, 2.45) is 5.92 Å². The fourth-order valence-electron chi connectivity index (χ4n) is 3.40. The zero-order valence-corrected chi connectivity index (χ0v) is 13.0. The molecule has 0 N–H and O–H groups in total. The molecule has 3 nitrogen and oxygen atoms in total. The quantitative estimate of drug-likeness (QED) is 0.844. The molecule has 1 saturated carbocycles. The van der Waals surface area contributed by atoms with Gasteiger partial charge in [-0.2, -0.15) is 0 Å². The topological polar surface area (TPSA) is 29.5 Å². The lowest BCUT2D eigenvalue weighted by atomic mass is 10.1. The Labute approximate surface area is 138 Å². The van der Waals surface area contributed by atoms with E-state index in [-0.39, 0.29) is 23.3 Å². The molecule has 1 heterocycles. The van der Waals surface area contributed by atoms with Crippen molar-refractivity contribution < 1.29 is 18.3 Å². The van der Waals surface area contributed by atoms with Gasteiger partial charge < -0.3 is 9.64 Å². The second-order valence-electron chi connectivity index (χ2n) is 6.30. The SMILES string of the molecule is O=C([C@@H]1C[C@@H]1c1c(F)cccc1F)N1CCOc2ccccc2C1. The van der Waals surface area contributed by atoms with E-state index in [1.165, 1.54) is 18.2 Å². The van der Waals surface area contributed by atoms with Gasteiger partial charge in [-0.25, -0.2) is 8.78 Å². The predicted octanol–water partition coefficient (Wildman–Crippen LogP) is 3.49. The van der Waals surface area contributed by atoms with Crippen LogP contribution in [-0.4, -0.2) is 24.0 Å². The first-order chi connectivity index (χ1) is 11.6. The second-order valence-corrected chi connectivity index (χ2v) is 6.30. The number of fused-ring (bicyclic) bond motifs is 1. The molecule has 0 saturated heterocycles. The number of ether oxygens (including phenoxy) is 1. The number of carbonyl (C=O) groups is 1. The van der Waals surface area contributed by atoms with Crippen LogP contribution in [0.3, 0.4) is 0 Å². The summed E-state index contributed by atoms with van der Waals surface area (Å²) in [6.45, 7) is 1.38. The summed E-state index contributed by atoms with van der Waals surface area (Å²) in [5.41, 5.74) is 1.000. The van der Waals surface area contributed by atoms with E-state index in [4.69, 9.17) is 4.74 Å². The summed E-state index contributed by atoms with van der Waals surface area (Å²) in [5, 5.41) is 0. The van der Waals surface area contributed by atoms with Gasteiger partial charge in [-0.05, 0) is 24.6 Å². The zero-order chi connectivity index (χ0) is 16.7. The van der Waals surface area contributed by atoms with Crippen LogP contribution in [0.15, 0.2) is 42.5 Å². The third-order valence-electron chi connectivity index (χ3n) is 4.74. The molecule has 1 amide bonds. The monoisotopic (exact) mass is 329 g/mol. The summed E-state index contributed by atoms with van der Waals surface area (Å²) in [6, 6.07) is 11.5. The van der Waals surface area contributed by atoms with Crippen LogP contribution in [0.1, 0.15) is 23.5 Å². The maximum Gasteiger partial charge on any atom is 0.226 e. The Balaban J connectivity index is 1.52. The maximum absolute atomic E-state index is 13.9. The Kier molecular flexibility index (Phi) is 3.71. The molecule has 0 bridgehead atoms. The number of halogens is 2. The van der Waals surface area contributed by atoms with Gasteiger partial charge >= 0.3 is 0 Å². The first-order valence-electron chi connectivity index (χ1n) is 8.08. The Morgan fingerprint density at radius 1 is 1.08 bits per heavy atom. The number of carbonyl (C=O) groups excluding carboxylic acids is 1. The third kappa shape index (κ3) is 2.64. The summed E-state index contributed by atoms with van der Waals surface area (Å²) < 4.78 is 33.5. The molecule has 1 fully saturated rings. The van der Waals surface area contributed by atoms with Crippen LogP contribution in [0.2, 0.25) is 0 Å². The van der Waals surface area contributed by atoms with Crippen LogP contribution >= 0.6 is 0 Å². The van der Waals surface area contributed by atoms with Gasteiger partial charge in [0, 0.05) is 29.5 Å². The number of nitrogens with zero attached hydrogens (tertiary/aromatic N) is 1. The van der Waals surface area contributed by atoms with E-state index < -0.39 is 11.6 Å². The first kappa shape index (κ1) is 15.1. The van der Waals surface area contributed by atoms with E-state index >= 15 is 0 Å². The molecule has 2 aromatic carbocycles. The van der Waals surface area contributed by atoms with Gasteiger partial charge in [-0.3, -0.25) is 4.79 Å². The Bertz CT molecular complexity index is 772. The Morgan fingerprint density at radius 3 is 2.62 bits per heavy atom. The number of hydrogen-bond donors (Lipinski definition) is 0. The number of hydrogen-bond acceptors (Lipinski definition) is 2. The molecular formula is C19H17F2NO2. The summed E-state index contributed by atoms with van der Waals surface area (Å²) in [6.07, 6.45) is 0.496. The van der Waals surface area contributed by atoms with Crippen molar-refractivity contribution in [3.63, 3.8) is 0 Å². The van der Waals surface area contributed by atoms with Crippen molar-refractivity contribution in [2.45, 2.75) is 18.9 Å². The minimum atomic E-state index is -0.570. The molecule has 2 aromatic rings. The van der Waals surface area contributed by atoms with Gasteiger partial charge in [-0.15, -0.1) is 0 Å². The van der Waals surface area contributed by atoms with Crippen LogP contribution < -0.4 is 4.74 Å². The van der Waals surface area contributed by atoms with Crippen LogP contribution in [-0.2, 0) is 11.3 Å². The largest absolute Gasteiger partial charge is 0.491 e. The Hall–Kier alpha value is -2.43. The molecule has 2 aliphatic rings. The van der Waals surface area contributed by atoms with E-state index in [9.17, 15) is 13.6 Å². The van der Waals surface area contributed by atoms with Gasteiger partial charge in [0.25, 0.3) is 0 Å². The molecule has 24 heavy (non-hydrogen) atoms. The van der Waals surface area contributed by atoms with Crippen LogP contribution in [0.4, 0.5) is 8.78 Å². The molecule has 0 radical (unpaired) electrons. The molecular weight excluding hydrogens is 312 g/mol. The minimum absolute atomic E-state index is 0.0438. The highest BCUT2D eigenvalue weighted by Gasteiger charge is 2.48. The normalized spacial score (nSPS) is 22.3. The number of amides is 1. The fraction of sp³-hybridized carbons (Fsp3) is 0.316. The van der Waals surface area contributed by atoms with E-state index in [2.05, 4.69) is 0 Å². The van der Waals surface area contributed by atoms with Gasteiger partial charge in [0.1, 0.15) is 24.0 Å². The molecule has 1 aliphatic carbocycles. The molecule has 0 spiro atoms. The number of rotatable bonds is 2. The number of benzene rings is 2. The summed E-state index contributed by atoms with van der Waals surface area (Å²) in [5.74, 6) is -1.11. The first-order valence-corrected chi connectivity index (χ1v) is 8.08. The molecule has 5 heteroatoms. The molecule has 2 atom stereocenters. The lowest BCUT2D eigenvalue weighted by Crippen LogP contribution is -2.34. The van der Waals surface area contributed by atoms with E-state index in [1.54, 1.807) is 4.90 Å². The van der Waals surface area contributed by atoms with Crippen molar-refractivity contribution in [1.82, 2.24) is 4.90 Å². The van der Waals surface area contributed by atoms with Crippen molar-refractivity contribution in [3.05, 3.63) is 65.2 Å². The highest BCUT2D eigenvalue weighted by molar-refractivity contribution is 5.83. The molecule has 0 unspecified atom stereocenters. The highest BCUT2D eigenvalue weighted by Crippen LogP contribution is 2.50. The standard InChI is InChI=1S/C19H17F2NO2/c20-15-5-3-6-16(21)18(15)13-10-14(13)19(23)22-8-9-24-17-7-2-1-4-12(17)11-22/h1-7,13-14H,8-11H2/t13-,14+/m0/s1. The van der Waals surface area contributed by atoms with Crippen LogP contribution in [0.5, 0.6) is 5.75 Å². The van der Waals surface area contributed by atoms with Crippen molar-refractivity contribution >= 4 is 5.91 Å². The summed E-state index contributed by atoms with van der Waals surface area (Å²) in [4.78, 5) is 14.5. The van der Waals surface area contributed by atoms with Crippen molar-refractivity contribution in [3.8, 4) is 5.75 Å². The van der Waals surface area contributed by atoms with Gasteiger partial charge in [0.05, 0.1) is 6.54 Å². The lowest BCUT2D eigenvalue weighted by Gasteiger charge is -2.20. The predicted molar refractivity (Wildman–Crippen MR) is 84.6 cm³/mol. The summed E-state index contributed by atoms with van der Waals surface area (Å²) >= 11 is 0. The van der Waals surface area contributed by atoms with Gasteiger partial charge in [-0.1, -0.05) is 24.3 Å². The highest BCUT2D eigenvalue weighted by atomic mass is 19.1. The third-order valence-corrected chi connectivity index (χ3v) is 4.74.